The lowest BCUT2D eigenvalue weighted by Crippen LogP contribution is -2.00. The van der Waals surface area contributed by atoms with Gasteiger partial charge in [0.25, 0.3) is 0 Å². The first kappa shape index (κ1) is 15.3. The lowest BCUT2D eigenvalue weighted by molar-refractivity contribution is 0.313. The van der Waals surface area contributed by atoms with E-state index in [1.807, 2.05) is 30.5 Å². The average molecular weight is 301 g/mol. The van der Waals surface area contributed by atoms with Gasteiger partial charge in [-0.3, -0.25) is 0 Å². The Labute approximate surface area is 129 Å². The Hall–Kier alpha value is -2.06. The smallest absolute Gasteiger partial charge is 0.121 e. The van der Waals surface area contributed by atoms with Crippen molar-refractivity contribution in [2.24, 2.45) is 0 Å². The standard InChI is InChI=1S/C16H19N3OS/c1-2-16-19-12-15(21-16)11-18-13-6-5-7-14(10-13)20-9-4-3-8-17/h5-7,10,12,18H,2-4,9,11H2,1H3. The monoisotopic (exact) mass is 301 g/mol. The van der Waals surface area contributed by atoms with Crippen molar-refractivity contribution in [2.75, 3.05) is 11.9 Å². The van der Waals surface area contributed by atoms with Crippen molar-refractivity contribution in [1.82, 2.24) is 4.98 Å². The molecule has 2 aromatic rings. The zero-order valence-corrected chi connectivity index (χ0v) is 12.9. The summed E-state index contributed by atoms with van der Waals surface area (Å²) in [5, 5.41) is 13.0. The highest BCUT2D eigenvalue weighted by Gasteiger charge is 2.01. The first-order chi connectivity index (χ1) is 10.3. The molecule has 0 radical (unpaired) electrons. The van der Waals surface area contributed by atoms with E-state index in [4.69, 9.17) is 10.00 Å². The summed E-state index contributed by atoms with van der Waals surface area (Å²) in [4.78, 5) is 5.58. The Bertz CT molecular complexity index is 604. The molecular formula is C16H19N3OS. The van der Waals surface area contributed by atoms with Crippen molar-refractivity contribution < 1.29 is 4.74 Å². The summed E-state index contributed by atoms with van der Waals surface area (Å²) >= 11 is 1.74. The van der Waals surface area contributed by atoms with Gasteiger partial charge in [-0.15, -0.1) is 11.3 Å². The van der Waals surface area contributed by atoms with Crippen LogP contribution in [-0.4, -0.2) is 11.6 Å². The largest absolute Gasteiger partial charge is 0.493 e. The molecule has 21 heavy (non-hydrogen) atoms. The van der Waals surface area contributed by atoms with Gasteiger partial charge in [-0.2, -0.15) is 5.26 Å². The summed E-state index contributed by atoms with van der Waals surface area (Å²) < 4.78 is 5.62. The first-order valence-electron chi connectivity index (χ1n) is 7.09. The van der Waals surface area contributed by atoms with E-state index in [2.05, 4.69) is 23.3 Å². The number of aromatic nitrogens is 1. The summed E-state index contributed by atoms with van der Waals surface area (Å²) in [7, 11) is 0. The fourth-order valence-corrected chi connectivity index (χ4v) is 2.62. The van der Waals surface area contributed by atoms with Gasteiger partial charge in [0.05, 0.1) is 24.2 Å². The molecule has 5 heteroatoms. The number of unbranched alkanes of at least 4 members (excludes halogenated alkanes) is 1. The predicted molar refractivity (Wildman–Crippen MR) is 85.6 cm³/mol. The van der Waals surface area contributed by atoms with Gasteiger partial charge in [0.1, 0.15) is 5.75 Å². The molecule has 0 aliphatic rings. The van der Waals surface area contributed by atoms with Gasteiger partial charge in [0.2, 0.25) is 0 Å². The molecular weight excluding hydrogens is 282 g/mol. The third-order valence-electron chi connectivity index (χ3n) is 2.91. The van der Waals surface area contributed by atoms with Gasteiger partial charge in [0, 0.05) is 29.2 Å². The highest BCUT2D eigenvalue weighted by Crippen LogP contribution is 2.20. The second-order valence-corrected chi connectivity index (χ2v) is 5.77. The van der Waals surface area contributed by atoms with Crippen molar-refractivity contribution >= 4 is 17.0 Å². The van der Waals surface area contributed by atoms with Crippen molar-refractivity contribution in [1.29, 1.82) is 5.26 Å². The fraction of sp³-hybridized carbons (Fsp3) is 0.375. The Morgan fingerprint density at radius 2 is 2.33 bits per heavy atom. The van der Waals surface area contributed by atoms with Crippen LogP contribution in [0.4, 0.5) is 5.69 Å². The van der Waals surface area contributed by atoms with Crippen LogP contribution in [0, 0.1) is 11.3 Å². The molecule has 110 valence electrons. The molecule has 0 saturated carbocycles. The number of hydrogen-bond acceptors (Lipinski definition) is 5. The molecule has 0 aliphatic carbocycles. The van der Waals surface area contributed by atoms with Crippen LogP contribution < -0.4 is 10.1 Å². The Morgan fingerprint density at radius 3 is 3.10 bits per heavy atom. The number of nitrogens with zero attached hydrogens (tertiary/aromatic N) is 2. The van der Waals surface area contributed by atoms with Crippen LogP contribution in [0.15, 0.2) is 30.5 Å². The summed E-state index contributed by atoms with van der Waals surface area (Å²) in [6, 6.07) is 10.0. The molecule has 1 aromatic carbocycles. The lowest BCUT2D eigenvalue weighted by atomic mass is 10.3. The van der Waals surface area contributed by atoms with Crippen molar-refractivity contribution in [3.05, 3.63) is 40.3 Å². The number of aryl methyl sites for hydroxylation is 1. The van der Waals surface area contributed by atoms with Crippen LogP contribution in [0.25, 0.3) is 0 Å². The normalized spacial score (nSPS) is 10.1. The van der Waals surface area contributed by atoms with Gasteiger partial charge < -0.3 is 10.1 Å². The molecule has 0 saturated heterocycles. The maximum absolute atomic E-state index is 8.49. The number of anilines is 1. The Balaban J connectivity index is 1.84. The summed E-state index contributed by atoms with van der Waals surface area (Å²) in [6.45, 7) is 3.46. The molecule has 0 atom stereocenters. The van der Waals surface area contributed by atoms with Gasteiger partial charge >= 0.3 is 0 Å². The first-order valence-corrected chi connectivity index (χ1v) is 7.90. The third-order valence-corrected chi connectivity index (χ3v) is 4.05. The van der Waals surface area contributed by atoms with Crippen molar-refractivity contribution in [3.8, 4) is 11.8 Å². The van der Waals surface area contributed by atoms with Crippen molar-refractivity contribution in [2.45, 2.75) is 32.7 Å². The SMILES string of the molecule is CCc1ncc(CNc2cccc(OCCCC#N)c2)s1. The van der Waals surface area contributed by atoms with Crippen LogP contribution >= 0.6 is 11.3 Å². The highest BCUT2D eigenvalue weighted by molar-refractivity contribution is 7.11. The minimum atomic E-state index is 0.531. The molecule has 1 N–H and O–H groups in total. The third kappa shape index (κ3) is 5.09. The van der Waals surface area contributed by atoms with Crippen LogP contribution in [0.5, 0.6) is 5.75 Å². The maximum atomic E-state index is 8.49. The van der Waals surface area contributed by atoms with E-state index in [0.29, 0.717) is 13.0 Å². The summed E-state index contributed by atoms with van der Waals surface area (Å²) in [5.41, 5.74) is 1.03. The van der Waals surface area contributed by atoms with Crippen LogP contribution in [0.3, 0.4) is 0 Å². The molecule has 0 aliphatic heterocycles. The fourth-order valence-electron chi connectivity index (χ4n) is 1.82. The summed E-state index contributed by atoms with van der Waals surface area (Å²) in [5.74, 6) is 0.830. The van der Waals surface area contributed by atoms with Crippen LogP contribution in [0.2, 0.25) is 0 Å². The molecule has 0 spiro atoms. The van der Waals surface area contributed by atoms with Crippen LogP contribution in [-0.2, 0) is 13.0 Å². The van der Waals surface area contributed by atoms with E-state index in [0.717, 1.165) is 30.8 Å². The lowest BCUT2D eigenvalue weighted by Gasteiger charge is -2.08. The van der Waals surface area contributed by atoms with Gasteiger partial charge in [0.15, 0.2) is 0 Å². The average Bonchev–Trinajstić information content (AvgIpc) is 2.98. The predicted octanol–water partition coefficient (Wildman–Crippen LogP) is 4.00. The van der Waals surface area contributed by atoms with Crippen LogP contribution in [0.1, 0.15) is 29.7 Å². The zero-order chi connectivity index (χ0) is 14.9. The minimum absolute atomic E-state index is 0.531. The molecule has 0 bridgehead atoms. The highest BCUT2D eigenvalue weighted by atomic mass is 32.1. The topological polar surface area (TPSA) is 57.9 Å². The second-order valence-electron chi connectivity index (χ2n) is 4.57. The van der Waals surface area contributed by atoms with E-state index in [1.165, 1.54) is 9.88 Å². The Morgan fingerprint density at radius 1 is 1.43 bits per heavy atom. The molecule has 0 amide bonds. The quantitative estimate of drug-likeness (QED) is 0.749. The Kier molecular flexibility index (Phi) is 6.04. The second kappa shape index (κ2) is 8.28. The van der Waals surface area contributed by atoms with E-state index in [1.54, 1.807) is 11.3 Å². The maximum Gasteiger partial charge on any atom is 0.121 e. The number of hydrogen-bond donors (Lipinski definition) is 1. The van der Waals surface area contributed by atoms with E-state index in [-0.39, 0.29) is 0 Å². The number of nitrogens with one attached hydrogen (secondary N) is 1. The number of nitriles is 1. The summed E-state index contributed by atoms with van der Waals surface area (Å²) in [6.07, 6.45) is 4.20. The number of thiazole rings is 1. The number of benzene rings is 1. The molecule has 2 rings (SSSR count). The van der Waals surface area contributed by atoms with E-state index >= 15 is 0 Å². The van der Waals surface area contributed by atoms with E-state index in [9.17, 15) is 0 Å². The number of rotatable bonds is 8. The molecule has 0 unspecified atom stereocenters. The van der Waals surface area contributed by atoms with Gasteiger partial charge in [-0.05, 0) is 25.0 Å². The van der Waals surface area contributed by atoms with Crippen molar-refractivity contribution in [3.63, 3.8) is 0 Å². The molecule has 1 heterocycles. The number of ether oxygens (including phenoxy) is 1. The van der Waals surface area contributed by atoms with Gasteiger partial charge in [-0.25, -0.2) is 4.98 Å². The molecule has 4 nitrogen and oxygen atoms in total. The molecule has 1 aromatic heterocycles. The minimum Gasteiger partial charge on any atom is -0.493 e. The van der Waals surface area contributed by atoms with Gasteiger partial charge in [-0.1, -0.05) is 13.0 Å². The van der Waals surface area contributed by atoms with E-state index < -0.39 is 0 Å². The molecule has 0 fully saturated rings. The zero-order valence-electron chi connectivity index (χ0n) is 12.1.